The fourth-order valence-electron chi connectivity index (χ4n) is 3.96. The Morgan fingerprint density at radius 2 is 1.91 bits per heavy atom. The first-order valence-electron chi connectivity index (χ1n) is 8.56. The van der Waals surface area contributed by atoms with Gasteiger partial charge in [-0.15, -0.1) is 0 Å². The van der Waals surface area contributed by atoms with Crippen molar-refractivity contribution >= 4 is 11.7 Å². The van der Waals surface area contributed by atoms with Crippen LogP contribution in [0.4, 0.5) is 5.82 Å². The van der Waals surface area contributed by atoms with Gasteiger partial charge >= 0.3 is 0 Å². The monoisotopic (exact) mass is 300 g/mol. The van der Waals surface area contributed by atoms with Gasteiger partial charge in [-0.25, -0.2) is 4.98 Å². The topological polar surface area (TPSA) is 48.5 Å². The lowest BCUT2D eigenvalue weighted by molar-refractivity contribution is 0.0748. The highest BCUT2D eigenvalue weighted by Gasteiger charge is 2.31. The van der Waals surface area contributed by atoms with E-state index in [1.807, 2.05) is 17.0 Å². The predicted molar refractivity (Wildman–Crippen MR) is 86.2 cm³/mol. The second-order valence-corrected chi connectivity index (χ2v) is 6.78. The number of carbonyl (C=O) groups is 1. The number of nitrogens with zero attached hydrogens (tertiary/aromatic N) is 3. The van der Waals surface area contributed by atoms with Gasteiger partial charge in [0.2, 0.25) is 0 Å². The van der Waals surface area contributed by atoms with E-state index in [9.17, 15) is 4.79 Å². The second-order valence-electron chi connectivity index (χ2n) is 6.78. The highest BCUT2D eigenvalue weighted by Crippen LogP contribution is 2.22. The molecule has 118 valence electrons. The number of pyridine rings is 1. The standard InChI is InChI=1S/C17H24N4O/c22-17(21-10-7-14-4-5-15(12-21)19-14)13-3-6-16(18-11-13)20-8-1-2-9-20/h3,6,11,14-15,19H,1-2,4-5,7-10,12H2. The Hall–Kier alpha value is -1.62. The number of hydrogen-bond donors (Lipinski definition) is 1. The van der Waals surface area contributed by atoms with Gasteiger partial charge in [-0.1, -0.05) is 0 Å². The van der Waals surface area contributed by atoms with Gasteiger partial charge in [0, 0.05) is 44.5 Å². The fraction of sp³-hybridized carbons (Fsp3) is 0.647. The van der Waals surface area contributed by atoms with E-state index in [0.29, 0.717) is 12.1 Å². The average Bonchev–Trinajstić information content (AvgIpc) is 3.17. The lowest BCUT2D eigenvalue weighted by Gasteiger charge is -2.24. The zero-order valence-electron chi connectivity index (χ0n) is 13.0. The van der Waals surface area contributed by atoms with Gasteiger partial charge in [-0.2, -0.15) is 0 Å². The number of anilines is 1. The summed E-state index contributed by atoms with van der Waals surface area (Å²) in [7, 11) is 0. The molecule has 0 spiro atoms. The number of carbonyl (C=O) groups excluding carboxylic acids is 1. The van der Waals surface area contributed by atoms with Crippen molar-refractivity contribution in [2.24, 2.45) is 0 Å². The zero-order chi connectivity index (χ0) is 14.9. The Bertz CT molecular complexity index is 538. The van der Waals surface area contributed by atoms with Gasteiger partial charge in [0.05, 0.1) is 5.56 Å². The van der Waals surface area contributed by atoms with Crippen LogP contribution in [0.25, 0.3) is 0 Å². The minimum Gasteiger partial charge on any atom is -0.357 e. The minimum absolute atomic E-state index is 0.134. The van der Waals surface area contributed by atoms with Gasteiger partial charge in [-0.05, 0) is 44.2 Å². The van der Waals surface area contributed by atoms with Crippen LogP contribution in [0.5, 0.6) is 0 Å². The van der Waals surface area contributed by atoms with E-state index in [1.165, 1.54) is 25.7 Å². The maximum absolute atomic E-state index is 12.7. The molecule has 4 rings (SSSR count). The van der Waals surface area contributed by atoms with Gasteiger partial charge in [-0.3, -0.25) is 4.79 Å². The van der Waals surface area contributed by atoms with Crippen molar-refractivity contribution in [3.8, 4) is 0 Å². The molecule has 22 heavy (non-hydrogen) atoms. The maximum atomic E-state index is 12.7. The Morgan fingerprint density at radius 3 is 2.68 bits per heavy atom. The molecule has 2 bridgehead atoms. The lowest BCUT2D eigenvalue weighted by Crippen LogP contribution is -2.39. The molecule has 3 saturated heterocycles. The molecule has 0 aliphatic carbocycles. The summed E-state index contributed by atoms with van der Waals surface area (Å²) in [6.07, 6.45) is 7.77. The second kappa shape index (κ2) is 5.88. The molecule has 4 heterocycles. The molecule has 3 aliphatic rings. The first-order valence-corrected chi connectivity index (χ1v) is 8.56. The molecule has 0 radical (unpaired) electrons. The number of likely N-dealkylation sites (tertiary alicyclic amines) is 1. The van der Waals surface area contributed by atoms with Crippen molar-refractivity contribution in [1.82, 2.24) is 15.2 Å². The number of nitrogens with one attached hydrogen (secondary N) is 1. The Labute approximate surface area is 131 Å². The van der Waals surface area contributed by atoms with Crippen LogP contribution >= 0.6 is 0 Å². The summed E-state index contributed by atoms with van der Waals surface area (Å²) in [5, 5.41) is 3.62. The molecule has 3 fully saturated rings. The number of hydrogen-bond acceptors (Lipinski definition) is 4. The zero-order valence-corrected chi connectivity index (χ0v) is 13.0. The van der Waals surface area contributed by atoms with Crippen molar-refractivity contribution in [2.75, 3.05) is 31.1 Å². The fourth-order valence-corrected chi connectivity index (χ4v) is 3.96. The van der Waals surface area contributed by atoms with Crippen LogP contribution in [-0.4, -0.2) is 54.1 Å². The minimum atomic E-state index is 0.134. The van der Waals surface area contributed by atoms with Crippen LogP contribution in [0.15, 0.2) is 18.3 Å². The van der Waals surface area contributed by atoms with E-state index < -0.39 is 0 Å². The van der Waals surface area contributed by atoms with Crippen LogP contribution in [0.2, 0.25) is 0 Å². The predicted octanol–water partition coefficient (Wildman–Crippen LogP) is 1.65. The SMILES string of the molecule is O=C(c1ccc(N2CCCC2)nc1)N1CCC2CCC(C1)N2. The van der Waals surface area contributed by atoms with E-state index in [0.717, 1.165) is 44.0 Å². The molecule has 1 N–H and O–H groups in total. The third-order valence-electron chi connectivity index (χ3n) is 5.24. The summed E-state index contributed by atoms with van der Waals surface area (Å²) >= 11 is 0. The van der Waals surface area contributed by atoms with Crippen LogP contribution in [0, 0.1) is 0 Å². The number of aromatic nitrogens is 1. The molecular weight excluding hydrogens is 276 g/mol. The molecule has 1 aromatic heterocycles. The number of fused-ring (bicyclic) bond motifs is 2. The quantitative estimate of drug-likeness (QED) is 0.902. The van der Waals surface area contributed by atoms with E-state index >= 15 is 0 Å². The lowest BCUT2D eigenvalue weighted by atomic mass is 10.1. The molecule has 1 amide bonds. The summed E-state index contributed by atoms with van der Waals surface area (Å²) < 4.78 is 0. The number of rotatable bonds is 2. The van der Waals surface area contributed by atoms with E-state index in [-0.39, 0.29) is 5.91 Å². The normalized spacial score (nSPS) is 28.0. The maximum Gasteiger partial charge on any atom is 0.255 e. The highest BCUT2D eigenvalue weighted by atomic mass is 16.2. The summed E-state index contributed by atoms with van der Waals surface area (Å²) in [5.41, 5.74) is 0.723. The summed E-state index contributed by atoms with van der Waals surface area (Å²) in [5.74, 6) is 1.14. The van der Waals surface area contributed by atoms with Crippen LogP contribution in [-0.2, 0) is 0 Å². The Morgan fingerprint density at radius 1 is 1.09 bits per heavy atom. The third kappa shape index (κ3) is 2.70. The molecule has 5 heteroatoms. The molecule has 5 nitrogen and oxygen atoms in total. The van der Waals surface area contributed by atoms with Crippen molar-refractivity contribution in [3.63, 3.8) is 0 Å². The van der Waals surface area contributed by atoms with Gasteiger partial charge in [0.15, 0.2) is 0 Å². The van der Waals surface area contributed by atoms with Gasteiger partial charge in [0.25, 0.3) is 5.91 Å². The van der Waals surface area contributed by atoms with E-state index in [4.69, 9.17) is 0 Å². The van der Waals surface area contributed by atoms with Crippen molar-refractivity contribution in [3.05, 3.63) is 23.9 Å². The molecule has 2 unspecified atom stereocenters. The molecule has 2 atom stereocenters. The first-order chi connectivity index (χ1) is 10.8. The summed E-state index contributed by atoms with van der Waals surface area (Å²) in [4.78, 5) is 21.5. The summed E-state index contributed by atoms with van der Waals surface area (Å²) in [6.45, 7) is 3.87. The number of amides is 1. The van der Waals surface area contributed by atoms with E-state index in [2.05, 4.69) is 15.2 Å². The molecule has 0 aromatic carbocycles. The van der Waals surface area contributed by atoms with Crippen molar-refractivity contribution in [2.45, 2.75) is 44.2 Å². The van der Waals surface area contributed by atoms with E-state index in [1.54, 1.807) is 6.20 Å². The summed E-state index contributed by atoms with van der Waals surface area (Å²) in [6, 6.07) is 5.03. The largest absolute Gasteiger partial charge is 0.357 e. The van der Waals surface area contributed by atoms with Crippen LogP contribution in [0.3, 0.4) is 0 Å². The van der Waals surface area contributed by atoms with Crippen molar-refractivity contribution in [1.29, 1.82) is 0 Å². The Kier molecular flexibility index (Phi) is 3.74. The average molecular weight is 300 g/mol. The first kappa shape index (κ1) is 14.0. The van der Waals surface area contributed by atoms with Gasteiger partial charge in [0.1, 0.15) is 5.82 Å². The van der Waals surface area contributed by atoms with Crippen LogP contribution in [0.1, 0.15) is 42.5 Å². The smallest absolute Gasteiger partial charge is 0.255 e. The Balaban J connectivity index is 1.45. The molecule has 3 aliphatic heterocycles. The highest BCUT2D eigenvalue weighted by molar-refractivity contribution is 5.94. The third-order valence-corrected chi connectivity index (χ3v) is 5.24. The molecular formula is C17H24N4O. The molecule has 1 aromatic rings. The van der Waals surface area contributed by atoms with Crippen LogP contribution < -0.4 is 10.2 Å². The van der Waals surface area contributed by atoms with Gasteiger partial charge < -0.3 is 15.1 Å². The molecule has 0 saturated carbocycles. The van der Waals surface area contributed by atoms with Crippen molar-refractivity contribution < 1.29 is 4.79 Å².